The Hall–Kier alpha value is -1.11. The largest absolute Gasteiger partial charge is 0.491 e. The lowest BCUT2D eigenvalue weighted by Crippen LogP contribution is -2.33. The maximum atomic E-state index is 11.7. The quantitative estimate of drug-likeness (QED) is 0.709. The van der Waals surface area contributed by atoms with Gasteiger partial charge in [0.1, 0.15) is 12.4 Å². The summed E-state index contributed by atoms with van der Waals surface area (Å²) in [5.41, 5.74) is 1.07. The van der Waals surface area contributed by atoms with Crippen LogP contribution in [-0.2, 0) is 14.8 Å². The number of hydrogen-bond donors (Lipinski definition) is 1. The Balaban J connectivity index is 2.53. The van der Waals surface area contributed by atoms with Crippen LogP contribution in [0.4, 0.5) is 0 Å². The normalized spacial score (nSPS) is 13.4. The predicted octanol–water partition coefficient (Wildman–Crippen LogP) is 2.14. The monoisotopic (exact) mass is 315 g/mol. The van der Waals surface area contributed by atoms with E-state index in [1.807, 2.05) is 31.2 Å². The fourth-order valence-electron chi connectivity index (χ4n) is 1.66. The van der Waals surface area contributed by atoms with E-state index in [2.05, 4.69) is 4.72 Å². The van der Waals surface area contributed by atoms with Gasteiger partial charge in [-0.05, 0) is 37.5 Å². The fourth-order valence-corrected chi connectivity index (χ4v) is 2.48. The third kappa shape index (κ3) is 6.03. The van der Waals surface area contributed by atoms with E-state index in [9.17, 15) is 8.42 Å². The van der Waals surface area contributed by atoms with Crippen LogP contribution in [0.3, 0.4) is 0 Å². The average Bonchev–Trinajstić information content (AvgIpc) is 2.45. The summed E-state index contributed by atoms with van der Waals surface area (Å²) in [6.45, 7) is 6.78. The maximum absolute atomic E-state index is 11.7. The van der Waals surface area contributed by atoms with Crippen LogP contribution in [0, 0.1) is 0 Å². The molecule has 0 aromatic heterocycles. The summed E-state index contributed by atoms with van der Waals surface area (Å²) in [5.74, 6) is 0.886. The van der Waals surface area contributed by atoms with Gasteiger partial charge in [-0.1, -0.05) is 19.1 Å². The van der Waals surface area contributed by atoms with Gasteiger partial charge in [-0.25, -0.2) is 13.1 Å². The lowest BCUT2D eigenvalue weighted by molar-refractivity contribution is 0.146. The molecular formula is C15H25NO4S. The van der Waals surface area contributed by atoms with Crippen molar-refractivity contribution in [3.05, 3.63) is 29.8 Å². The topological polar surface area (TPSA) is 64.6 Å². The molecule has 1 aromatic carbocycles. The van der Waals surface area contributed by atoms with Crippen LogP contribution in [0.1, 0.15) is 32.3 Å². The summed E-state index contributed by atoms with van der Waals surface area (Å²) in [6.07, 6.45) is 0. The van der Waals surface area contributed by atoms with Gasteiger partial charge in [-0.3, -0.25) is 0 Å². The van der Waals surface area contributed by atoms with Gasteiger partial charge in [0, 0.05) is 13.7 Å². The molecule has 5 nitrogen and oxygen atoms in total. The fraction of sp³-hybridized carbons (Fsp3) is 0.600. The Morgan fingerprint density at radius 3 is 2.24 bits per heavy atom. The van der Waals surface area contributed by atoms with Crippen molar-refractivity contribution in [2.45, 2.75) is 31.9 Å². The summed E-state index contributed by atoms with van der Waals surface area (Å²) >= 11 is 0. The smallest absolute Gasteiger partial charge is 0.213 e. The van der Waals surface area contributed by atoms with E-state index in [4.69, 9.17) is 9.47 Å². The van der Waals surface area contributed by atoms with Crippen molar-refractivity contribution in [3.63, 3.8) is 0 Å². The van der Waals surface area contributed by atoms with Crippen molar-refractivity contribution in [1.82, 2.24) is 4.72 Å². The van der Waals surface area contributed by atoms with E-state index >= 15 is 0 Å². The van der Waals surface area contributed by atoms with Crippen molar-refractivity contribution in [2.75, 3.05) is 26.9 Å². The van der Waals surface area contributed by atoms with Gasteiger partial charge in [0.2, 0.25) is 10.0 Å². The van der Waals surface area contributed by atoms with Gasteiger partial charge in [0.05, 0.1) is 11.9 Å². The minimum atomic E-state index is -3.21. The molecule has 1 atom stereocenters. The van der Waals surface area contributed by atoms with Crippen molar-refractivity contribution in [3.8, 4) is 5.75 Å². The molecule has 0 radical (unpaired) electrons. The molecule has 21 heavy (non-hydrogen) atoms. The molecule has 0 bridgehead atoms. The number of sulfonamides is 1. The van der Waals surface area contributed by atoms with Crippen molar-refractivity contribution < 1.29 is 17.9 Å². The summed E-state index contributed by atoms with van der Waals surface area (Å²) < 4.78 is 36.5. The first kappa shape index (κ1) is 17.9. The van der Waals surface area contributed by atoms with Crippen LogP contribution in [-0.4, -0.2) is 40.5 Å². The number of benzene rings is 1. The molecule has 0 saturated carbocycles. The number of hydrogen-bond acceptors (Lipinski definition) is 4. The van der Waals surface area contributed by atoms with Crippen LogP contribution < -0.4 is 9.46 Å². The molecule has 0 heterocycles. The first-order valence-electron chi connectivity index (χ1n) is 7.07. The molecule has 0 aliphatic rings. The highest BCUT2D eigenvalue weighted by Crippen LogP contribution is 2.19. The van der Waals surface area contributed by atoms with Crippen LogP contribution in [0.15, 0.2) is 24.3 Å². The van der Waals surface area contributed by atoms with Gasteiger partial charge < -0.3 is 9.47 Å². The molecule has 1 N–H and O–H groups in total. The lowest BCUT2D eigenvalue weighted by Gasteiger charge is -2.15. The molecule has 120 valence electrons. The maximum Gasteiger partial charge on any atom is 0.213 e. The summed E-state index contributed by atoms with van der Waals surface area (Å²) in [4.78, 5) is 0. The Morgan fingerprint density at radius 1 is 1.10 bits per heavy atom. The molecule has 1 aromatic rings. The Kier molecular flexibility index (Phi) is 7.14. The van der Waals surface area contributed by atoms with Gasteiger partial charge >= 0.3 is 0 Å². The minimum absolute atomic E-state index is 0.103. The zero-order valence-corrected chi connectivity index (χ0v) is 13.9. The molecule has 0 saturated heterocycles. The van der Waals surface area contributed by atoms with Crippen LogP contribution in [0.25, 0.3) is 0 Å². The lowest BCUT2D eigenvalue weighted by atomic mass is 10.0. The summed E-state index contributed by atoms with van der Waals surface area (Å²) in [7, 11) is -1.58. The SMILES string of the molecule is COCCOc1ccc(C(C)CNS(=O)(=O)C(C)C)cc1. The number of nitrogens with one attached hydrogen (secondary N) is 1. The van der Waals surface area contributed by atoms with Crippen LogP contribution in [0.5, 0.6) is 5.75 Å². The molecule has 0 spiro atoms. The Bertz CT molecular complexity index is 511. The molecule has 0 aliphatic heterocycles. The molecular weight excluding hydrogens is 290 g/mol. The van der Waals surface area contributed by atoms with E-state index in [1.54, 1.807) is 21.0 Å². The van der Waals surface area contributed by atoms with Gasteiger partial charge in [-0.15, -0.1) is 0 Å². The second kappa shape index (κ2) is 8.36. The van der Waals surface area contributed by atoms with Gasteiger partial charge in [0.25, 0.3) is 0 Å². The summed E-state index contributed by atoms with van der Waals surface area (Å²) in [6, 6.07) is 7.68. The zero-order chi connectivity index (χ0) is 15.9. The first-order chi connectivity index (χ1) is 9.86. The zero-order valence-electron chi connectivity index (χ0n) is 13.1. The van der Waals surface area contributed by atoms with Crippen molar-refractivity contribution in [1.29, 1.82) is 0 Å². The second-order valence-corrected chi connectivity index (χ2v) is 7.58. The number of rotatable bonds is 9. The molecule has 0 fully saturated rings. The summed E-state index contributed by atoms with van der Waals surface area (Å²) in [5, 5.41) is -0.415. The number of methoxy groups -OCH3 is 1. The standard InChI is InChI=1S/C15H25NO4S/c1-12(2)21(17,18)16-11-13(3)14-5-7-15(8-6-14)20-10-9-19-4/h5-8,12-13,16H,9-11H2,1-4H3. The van der Waals surface area contributed by atoms with E-state index in [0.29, 0.717) is 19.8 Å². The highest BCUT2D eigenvalue weighted by atomic mass is 32.2. The molecule has 1 rings (SSSR count). The number of ether oxygens (including phenoxy) is 2. The molecule has 0 aliphatic carbocycles. The van der Waals surface area contributed by atoms with Gasteiger partial charge in [-0.2, -0.15) is 0 Å². The average molecular weight is 315 g/mol. The highest BCUT2D eigenvalue weighted by molar-refractivity contribution is 7.90. The molecule has 0 amide bonds. The van der Waals surface area contributed by atoms with Crippen molar-refractivity contribution in [2.24, 2.45) is 0 Å². The van der Waals surface area contributed by atoms with Crippen LogP contribution >= 0.6 is 0 Å². The minimum Gasteiger partial charge on any atom is -0.491 e. The third-order valence-corrected chi connectivity index (χ3v) is 5.03. The van der Waals surface area contributed by atoms with Crippen molar-refractivity contribution >= 4 is 10.0 Å². The van der Waals surface area contributed by atoms with E-state index in [1.165, 1.54) is 0 Å². The predicted molar refractivity (Wildman–Crippen MR) is 84.3 cm³/mol. The molecule has 6 heteroatoms. The van der Waals surface area contributed by atoms with E-state index < -0.39 is 15.3 Å². The Labute approximate surface area is 127 Å². The van der Waals surface area contributed by atoms with E-state index in [-0.39, 0.29) is 5.92 Å². The van der Waals surface area contributed by atoms with E-state index in [0.717, 1.165) is 11.3 Å². The first-order valence-corrected chi connectivity index (χ1v) is 8.61. The van der Waals surface area contributed by atoms with Crippen LogP contribution in [0.2, 0.25) is 0 Å². The third-order valence-electron chi connectivity index (χ3n) is 3.22. The molecule has 1 unspecified atom stereocenters. The second-order valence-electron chi connectivity index (χ2n) is 5.25. The van der Waals surface area contributed by atoms with Gasteiger partial charge in [0.15, 0.2) is 0 Å². The Morgan fingerprint density at radius 2 is 1.71 bits per heavy atom. The highest BCUT2D eigenvalue weighted by Gasteiger charge is 2.16.